The first-order valence-corrected chi connectivity index (χ1v) is 12.6. The lowest BCUT2D eigenvalue weighted by Gasteiger charge is -2.35. The molecule has 0 saturated heterocycles. The van der Waals surface area contributed by atoms with Crippen molar-refractivity contribution in [3.8, 4) is 0 Å². The number of unbranched alkanes of at least 4 members (excludes halogenated alkanes) is 10. The summed E-state index contributed by atoms with van der Waals surface area (Å²) in [6, 6.07) is 10.8. The topological polar surface area (TPSA) is 18.5 Å². The van der Waals surface area contributed by atoms with E-state index in [0.29, 0.717) is 0 Å². The van der Waals surface area contributed by atoms with Gasteiger partial charge in [-0.2, -0.15) is 0 Å². The normalized spacial score (nSPS) is 11.8. The summed E-state index contributed by atoms with van der Waals surface area (Å²) in [7, 11) is 0. The lowest BCUT2D eigenvalue weighted by atomic mass is 9.97. The van der Waals surface area contributed by atoms with E-state index in [1.165, 1.54) is 76.2 Å². The molecule has 1 aromatic carbocycles. The first kappa shape index (κ1) is 26.2. The predicted octanol–water partition coefficient (Wildman–Crippen LogP) is 8.48. The Balaban J connectivity index is 2.68. The van der Waals surface area contributed by atoms with Crippen molar-refractivity contribution in [3.05, 3.63) is 35.9 Å². The number of ether oxygens (including phenoxy) is 2. The van der Waals surface area contributed by atoms with Crippen LogP contribution in [0.5, 0.6) is 0 Å². The van der Waals surface area contributed by atoms with Gasteiger partial charge in [-0.25, -0.2) is 0 Å². The molecule has 0 atom stereocenters. The van der Waals surface area contributed by atoms with Crippen molar-refractivity contribution in [1.29, 1.82) is 0 Å². The molecule has 2 heteroatoms. The van der Waals surface area contributed by atoms with Gasteiger partial charge in [0.05, 0.1) is 13.2 Å². The van der Waals surface area contributed by atoms with Crippen LogP contribution in [0.3, 0.4) is 0 Å². The maximum Gasteiger partial charge on any atom is 0.172 e. The fourth-order valence-electron chi connectivity index (χ4n) is 3.86. The Morgan fingerprint density at radius 2 is 1.07 bits per heavy atom. The van der Waals surface area contributed by atoms with Gasteiger partial charge >= 0.3 is 0 Å². The van der Waals surface area contributed by atoms with Gasteiger partial charge in [-0.15, -0.1) is 0 Å². The Morgan fingerprint density at radius 1 is 0.586 bits per heavy atom. The van der Waals surface area contributed by atoms with Crippen molar-refractivity contribution < 1.29 is 9.47 Å². The summed E-state index contributed by atoms with van der Waals surface area (Å²) >= 11 is 0. The minimum Gasteiger partial charge on any atom is -0.350 e. The van der Waals surface area contributed by atoms with Crippen molar-refractivity contribution in [2.75, 3.05) is 13.2 Å². The highest BCUT2D eigenvalue weighted by atomic mass is 16.7. The Morgan fingerprint density at radius 3 is 1.62 bits per heavy atom. The molecule has 0 aromatic heterocycles. The summed E-state index contributed by atoms with van der Waals surface area (Å²) < 4.78 is 13.1. The quantitative estimate of drug-likeness (QED) is 0.160. The largest absolute Gasteiger partial charge is 0.350 e. The minimum atomic E-state index is -0.452. The van der Waals surface area contributed by atoms with Crippen molar-refractivity contribution in [3.63, 3.8) is 0 Å². The van der Waals surface area contributed by atoms with Gasteiger partial charge in [-0.05, 0) is 24.8 Å². The molecule has 0 spiro atoms. The van der Waals surface area contributed by atoms with Gasteiger partial charge < -0.3 is 9.47 Å². The zero-order valence-corrected chi connectivity index (χ0v) is 19.7. The molecule has 0 radical (unpaired) electrons. The predicted molar refractivity (Wildman–Crippen MR) is 126 cm³/mol. The van der Waals surface area contributed by atoms with Crippen LogP contribution < -0.4 is 0 Å². The van der Waals surface area contributed by atoms with Crippen molar-refractivity contribution in [2.24, 2.45) is 0 Å². The number of benzene rings is 1. The van der Waals surface area contributed by atoms with Crippen molar-refractivity contribution in [2.45, 2.75) is 123 Å². The SMILES string of the molecule is CCCCCCCCCC(Cc1ccccc1)(OCCCCC)OCCCCC. The van der Waals surface area contributed by atoms with E-state index in [9.17, 15) is 0 Å². The van der Waals surface area contributed by atoms with E-state index in [0.717, 1.165) is 38.9 Å². The van der Waals surface area contributed by atoms with Gasteiger partial charge in [-0.3, -0.25) is 0 Å². The van der Waals surface area contributed by atoms with Gasteiger partial charge in [0.2, 0.25) is 0 Å². The van der Waals surface area contributed by atoms with Crippen LogP contribution >= 0.6 is 0 Å². The van der Waals surface area contributed by atoms with Crippen LogP contribution in [0, 0.1) is 0 Å². The van der Waals surface area contributed by atoms with Gasteiger partial charge in [0.1, 0.15) is 0 Å². The molecule has 0 heterocycles. The van der Waals surface area contributed by atoms with Crippen molar-refractivity contribution in [1.82, 2.24) is 0 Å². The van der Waals surface area contributed by atoms with Crippen LogP contribution in [-0.4, -0.2) is 19.0 Å². The molecular weight excluding hydrogens is 356 g/mol. The van der Waals surface area contributed by atoms with E-state index >= 15 is 0 Å². The molecule has 168 valence electrons. The maximum absolute atomic E-state index is 6.54. The molecule has 1 aromatic rings. The molecule has 0 bridgehead atoms. The second-order valence-corrected chi connectivity index (χ2v) is 8.56. The van der Waals surface area contributed by atoms with E-state index in [-0.39, 0.29) is 0 Å². The van der Waals surface area contributed by atoms with E-state index < -0.39 is 5.79 Å². The zero-order chi connectivity index (χ0) is 21.0. The lowest BCUT2D eigenvalue weighted by Crippen LogP contribution is -2.39. The Kier molecular flexibility index (Phi) is 16.2. The number of hydrogen-bond donors (Lipinski definition) is 0. The first-order chi connectivity index (χ1) is 14.3. The van der Waals surface area contributed by atoms with E-state index in [2.05, 4.69) is 51.1 Å². The molecule has 0 amide bonds. The average Bonchev–Trinajstić information content (AvgIpc) is 2.74. The Hall–Kier alpha value is -0.860. The molecule has 0 N–H and O–H groups in total. The molecule has 0 saturated carbocycles. The smallest absolute Gasteiger partial charge is 0.172 e. The van der Waals surface area contributed by atoms with Crippen LogP contribution in [0.15, 0.2) is 30.3 Å². The summed E-state index contributed by atoms with van der Waals surface area (Å²) in [5.74, 6) is -0.452. The van der Waals surface area contributed by atoms with Gasteiger partial charge in [0.15, 0.2) is 5.79 Å². The molecular formula is C27H48O2. The molecule has 0 aliphatic rings. The summed E-state index contributed by atoms with van der Waals surface area (Å²) in [4.78, 5) is 0. The monoisotopic (exact) mass is 404 g/mol. The fraction of sp³-hybridized carbons (Fsp3) is 0.778. The first-order valence-electron chi connectivity index (χ1n) is 12.6. The van der Waals surface area contributed by atoms with E-state index in [4.69, 9.17) is 9.47 Å². The van der Waals surface area contributed by atoms with Crippen LogP contribution in [-0.2, 0) is 15.9 Å². The second kappa shape index (κ2) is 18.0. The molecule has 0 aliphatic heterocycles. The Bertz CT molecular complexity index is 445. The highest BCUT2D eigenvalue weighted by Gasteiger charge is 2.32. The average molecular weight is 405 g/mol. The third-order valence-electron chi connectivity index (χ3n) is 5.70. The third kappa shape index (κ3) is 13.1. The molecule has 0 aliphatic carbocycles. The molecule has 0 fully saturated rings. The van der Waals surface area contributed by atoms with Gasteiger partial charge in [-0.1, -0.05) is 115 Å². The highest BCUT2D eigenvalue weighted by Crippen LogP contribution is 2.28. The van der Waals surface area contributed by atoms with Crippen LogP contribution in [0.2, 0.25) is 0 Å². The summed E-state index contributed by atoms with van der Waals surface area (Å²) in [5.41, 5.74) is 1.32. The third-order valence-corrected chi connectivity index (χ3v) is 5.70. The standard InChI is InChI=1S/C27H48O2/c1-4-7-10-11-12-13-17-22-27(28-23-18-8-5-2,29-24-19-9-6-3)25-26-20-15-14-16-21-26/h14-16,20-21H,4-13,17-19,22-25H2,1-3H3. The molecule has 0 unspecified atom stereocenters. The summed E-state index contributed by atoms with van der Waals surface area (Å²) in [5, 5.41) is 0. The molecule has 29 heavy (non-hydrogen) atoms. The lowest BCUT2D eigenvalue weighted by molar-refractivity contribution is -0.242. The number of hydrogen-bond acceptors (Lipinski definition) is 2. The summed E-state index contributed by atoms with van der Waals surface area (Å²) in [6.45, 7) is 8.40. The van der Waals surface area contributed by atoms with E-state index in [1.807, 2.05) is 0 Å². The number of rotatable bonds is 20. The van der Waals surface area contributed by atoms with Crippen LogP contribution in [0.25, 0.3) is 0 Å². The minimum absolute atomic E-state index is 0.452. The maximum atomic E-state index is 6.54. The summed E-state index contributed by atoms with van der Waals surface area (Å²) in [6.07, 6.45) is 18.3. The highest BCUT2D eigenvalue weighted by molar-refractivity contribution is 5.16. The van der Waals surface area contributed by atoms with E-state index in [1.54, 1.807) is 0 Å². The van der Waals surface area contributed by atoms with Crippen LogP contribution in [0.4, 0.5) is 0 Å². The Labute approximate surface area is 181 Å². The molecule has 1 rings (SSSR count). The van der Waals surface area contributed by atoms with Gasteiger partial charge in [0, 0.05) is 12.8 Å². The fourth-order valence-corrected chi connectivity index (χ4v) is 3.86. The molecule has 2 nitrogen and oxygen atoms in total. The van der Waals surface area contributed by atoms with Gasteiger partial charge in [0.25, 0.3) is 0 Å². The second-order valence-electron chi connectivity index (χ2n) is 8.56. The van der Waals surface area contributed by atoms with Crippen LogP contribution in [0.1, 0.15) is 116 Å². The van der Waals surface area contributed by atoms with Crippen molar-refractivity contribution >= 4 is 0 Å². The zero-order valence-electron chi connectivity index (χ0n) is 19.7.